The molecule has 3 heterocycles. The normalized spacial score (nSPS) is 15.7. The topological polar surface area (TPSA) is 142 Å². The lowest BCUT2D eigenvalue weighted by Crippen LogP contribution is -2.54. The third-order valence-electron chi connectivity index (χ3n) is 6.19. The summed E-state index contributed by atoms with van der Waals surface area (Å²) < 4.78 is 75.3. The maximum absolute atomic E-state index is 14.6. The summed E-state index contributed by atoms with van der Waals surface area (Å²) in [5.41, 5.74) is -2.18. The van der Waals surface area contributed by atoms with E-state index < -0.39 is 65.3 Å². The fraction of sp³-hybridized carbons (Fsp3) is 0.423. The largest absolute Gasteiger partial charge is 0.465 e. The van der Waals surface area contributed by atoms with E-state index in [0.717, 1.165) is 29.3 Å². The van der Waals surface area contributed by atoms with Crippen LogP contribution in [0.15, 0.2) is 24.4 Å². The number of piperazine rings is 1. The third kappa shape index (κ3) is 7.53. The van der Waals surface area contributed by atoms with Crippen LogP contribution in [0.3, 0.4) is 0 Å². The monoisotopic (exact) mass is 645 g/mol. The van der Waals surface area contributed by atoms with Crippen molar-refractivity contribution >= 4 is 45.9 Å². The van der Waals surface area contributed by atoms with Gasteiger partial charge in [-0.05, 0) is 39.8 Å². The standard InChI is InChI=1S/C26H28F5N7O5S/c1-13-11-36(8-9-37(13)24(41)42)22-16(10-32-38(22)12-26(29,30)31)33-19(39)18-21(35-23(40)43-25(2,3)4)44-20(34-18)17-14(27)6-5-7-15(17)28/h5-7,10,13H,8-9,11-12H2,1-4H3,(H,33,39)(H,35,40)(H,41,42)/t13-/m0/s1. The predicted octanol–water partition coefficient (Wildman–Crippen LogP) is 5.63. The van der Waals surface area contributed by atoms with Crippen LogP contribution in [0, 0.1) is 11.6 Å². The molecule has 1 aliphatic rings. The van der Waals surface area contributed by atoms with Crippen LogP contribution in [0.5, 0.6) is 0 Å². The molecule has 4 rings (SSSR count). The number of hydrogen-bond donors (Lipinski definition) is 3. The van der Waals surface area contributed by atoms with Gasteiger partial charge in [0.2, 0.25) is 0 Å². The van der Waals surface area contributed by atoms with Crippen LogP contribution in [0.4, 0.5) is 48.0 Å². The molecule has 0 radical (unpaired) electrons. The van der Waals surface area contributed by atoms with Gasteiger partial charge in [-0.25, -0.2) is 28.0 Å². The zero-order valence-electron chi connectivity index (χ0n) is 23.8. The van der Waals surface area contributed by atoms with Crippen molar-refractivity contribution in [2.75, 3.05) is 35.2 Å². The number of rotatable bonds is 6. The fourth-order valence-corrected chi connectivity index (χ4v) is 5.46. The van der Waals surface area contributed by atoms with Crippen LogP contribution in [0.1, 0.15) is 38.2 Å². The number of alkyl halides is 3. The molecule has 0 bridgehead atoms. The molecule has 238 valence electrons. The van der Waals surface area contributed by atoms with E-state index in [-0.39, 0.29) is 41.1 Å². The summed E-state index contributed by atoms with van der Waals surface area (Å²) in [6, 6.07) is 2.48. The zero-order valence-corrected chi connectivity index (χ0v) is 24.6. The SMILES string of the molecule is C[C@H]1CN(c2c(NC(=O)c3nc(-c4c(F)cccc4F)sc3NC(=O)OC(C)(C)C)cnn2CC(F)(F)F)CCN1C(=O)O. The number of carbonyl (C=O) groups excluding carboxylic acids is 2. The highest BCUT2D eigenvalue weighted by molar-refractivity contribution is 7.19. The minimum atomic E-state index is -4.69. The molecule has 3 amide bonds. The first-order valence-electron chi connectivity index (χ1n) is 13.1. The molecule has 12 nitrogen and oxygen atoms in total. The van der Waals surface area contributed by atoms with E-state index in [1.807, 2.05) is 0 Å². The van der Waals surface area contributed by atoms with Crippen molar-refractivity contribution in [2.24, 2.45) is 0 Å². The van der Waals surface area contributed by atoms with Gasteiger partial charge in [0.1, 0.15) is 39.5 Å². The summed E-state index contributed by atoms with van der Waals surface area (Å²) >= 11 is 0.578. The Morgan fingerprint density at radius 2 is 1.77 bits per heavy atom. The average molecular weight is 646 g/mol. The van der Waals surface area contributed by atoms with Gasteiger partial charge < -0.3 is 25.0 Å². The molecule has 3 N–H and O–H groups in total. The quantitative estimate of drug-likeness (QED) is 0.293. The minimum absolute atomic E-state index is 0.0120. The maximum Gasteiger partial charge on any atom is 0.412 e. The van der Waals surface area contributed by atoms with Crippen LogP contribution >= 0.6 is 11.3 Å². The number of hydrogen-bond acceptors (Lipinski definition) is 8. The second kappa shape index (κ2) is 12.3. The minimum Gasteiger partial charge on any atom is -0.465 e. The second-order valence-corrected chi connectivity index (χ2v) is 11.8. The first-order chi connectivity index (χ1) is 20.4. The molecular weight excluding hydrogens is 617 g/mol. The van der Waals surface area contributed by atoms with Crippen LogP contribution in [-0.4, -0.2) is 80.3 Å². The van der Waals surface area contributed by atoms with Gasteiger partial charge in [0.15, 0.2) is 11.5 Å². The van der Waals surface area contributed by atoms with Crippen LogP contribution < -0.4 is 15.5 Å². The van der Waals surface area contributed by atoms with E-state index in [4.69, 9.17) is 4.74 Å². The lowest BCUT2D eigenvalue weighted by Gasteiger charge is -2.39. The number of halogens is 5. The van der Waals surface area contributed by atoms with Gasteiger partial charge in [0.25, 0.3) is 5.91 Å². The summed E-state index contributed by atoms with van der Waals surface area (Å²) in [7, 11) is 0. The molecule has 3 aromatic rings. The second-order valence-electron chi connectivity index (χ2n) is 10.8. The van der Waals surface area contributed by atoms with Crippen molar-refractivity contribution in [3.05, 3.63) is 41.7 Å². The Labute approximate surface area is 251 Å². The van der Waals surface area contributed by atoms with E-state index >= 15 is 0 Å². The van der Waals surface area contributed by atoms with Crippen molar-refractivity contribution in [2.45, 2.75) is 52.1 Å². The summed E-state index contributed by atoms with van der Waals surface area (Å²) in [5.74, 6) is -3.16. The number of amides is 3. The van der Waals surface area contributed by atoms with Gasteiger partial charge in [0.05, 0.1) is 11.8 Å². The first kappa shape index (κ1) is 32.4. The lowest BCUT2D eigenvalue weighted by atomic mass is 10.2. The number of aromatic nitrogens is 3. The van der Waals surface area contributed by atoms with E-state index in [9.17, 15) is 41.4 Å². The van der Waals surface area contributed by atoms with Crippen molar-refractivity contribution in [3.63, 3.8) is 0 Å². The van der Waals surface area contributed by atoms with Crippen molar-refractivity contribution in [1.82, 2.24) is 19.7 Å². The summed E-state index contributed by atoms with van der Waals surface area (Å²) in [6.45, 7) is 4.77. The highest BCUT2D eigenvalue weighted by atomic mass is 32.1. The first-order valence-corrected chi connectivity index (χ1v) is 13.9. The Morgan fingerprint density at radius 1 is 1.11 bits per heavy atom. The molecule has 0 saturated carbocycles. The van der Waals surface area contributed by atoms with Gasteiger partial charge >= 0.3 is 18.4 Å². The number of carbonyl (C=O) groups is 3. The Bertz CT molecular complexity index is 1550. The molecule has 1 aliphatic heterocycles. The highest BCUT2D eigenvalue weighted by Gasteiger charge is 2.35. The van der Waals surface area contributed by atoms with Gasteiger partial charge in [-0.3, -0.25) is 10.1 Å². The van der Waals surface area contributed by atoms with Gasteiger partial charge in [-0.1, -0.05) is 17.4 Å². The molecule has 1 atom stereocenters. The Hall–Kier alpha value is -4.48. The van der Waals surface area contributed by atoms with Crippen LogP contribution in [0.25, 0.3) is 10.6 Å². The molecule has 1 saturated heterocycles. The maximum atomic E-state index is 14.6. The van der Waals surface area contributed by atoms with Crippen molar-refractivity contribution in [3.8, 4) is 10.6 Å². The molecule has 18 heteroatoms. The molecule has 1 fully saturated rings. The summed E-state index contributed by atoms with van der Waals surface area (Å²) in [6.07, 6.45) is -5.89. The third-order valence-corrected chi connectivity index (χ3v) is 7.18. The average Bonchev–Trinajstić information content (AvgIpc) is 3.45. The van der Waals surface area contributed by atoms with E-state index in [0.29, 0.717) is 16.0 Å². The molecule has 44 heavy (non-hydrogen) atoms. The van der Waals surface area contributed by atoms with Crippen molar-refractivity contribution in [1.29, 1.82) is 0 Å². The van der Waals surface area contributed by atoms with Gasteiger partial charge in [-0.2, -0.15) is 18.3 Å². The Kier molecular flexibility index (Phi) is 9.03. The van der Waals surface area contributed by atoms with E-state index in [1.165, 1.54) is 4.90 Å². The molecule has 1 aromatic carbocycles. The zero-order chi connectivity index (χ0) is 32.6. The molecular formula is C26H28F5N7O5S. The number of nitrogens with one attached hydrogen (secondary N) is 2. The number of ether oxygens (including phenoxy) is 1. The molecule has 0 aliphatic carbocycles. The highest BCUT2D eigenvalue weighted by Crippen LogP contribution is 2.37. The predicted molar refractivity (Wildman–Crippen MR) is 150 cm³/mol. The molecule has 0 unspecified atom stereocenters. The fourth-order valence-electron chi connectivity index (χ4n) is 4.47. The summed E-state index contributed by atoms with van der Waals surface area (Å²) in [5, 5.41) is 17.4. The smallest absolute Gasteiger partial charge is 0.412 e. The van der Waals surface area contributed by atoms with Crippen LogP contribution in [-0.2, 0) is 11.3 Å². The van der Waals surface area contributed by atoms with E-state index in [1.54, 1.807) is 27.7 Å². The Balaban J connectivity index is 1.72. The number of benzene rings is 1. The number of thiazole rings is 1. The lowest BCUT2D eigenvalue weighted by molar-refractivity contribution is -0.142. The molecule has 0 spiro atoms. The number of nitrogens with zero attached hydrogens (tertiary/aromatic N) is 5. The summed E-state index contributed by atoms with van der Waals surface area (Å²) in [4.78, 5) is 44.2. The number of anilines is 3. The van der Waals surface area contributed by atoms with Crippen LogP contribution in [0.2, 0.25) is 0 Å². The molecule has 2 aromatic heterocycles. The van der Waals surface area contributed by atoms with Crippen molar-refractivity contribution < 1.29 is 46.2 Å². The van der Waals surface area contributed by atoms with Gasteiger partial charge in [0, 0.05) is 25.7 Å². The number of carboxylic acid groups (broad SMARTS) is 1. The van der Waals surface area contributed by atoms with E-state index in [2.05, 4.69) is 20.7 Å². The Morgan fingerprint density at radius 3 is 2.34 bits per heavy atom. The van der Waals surface area contributed by atoms with Gasteiger partial charge in [-0.15, -0.1) is 0 Å².